The van der Waals surface area contributed by atoms with Crippen molar-refractivity contribution in [3.8, 4) is 0 Å². The number of nitrogens with two attached hydrogens (primary N) is 1. The molecule has 0 aliphatic heterocycles. The number of hydrogen-bond donors (Lipinski definition) is 1. The molecular formula is C11H14FNO. The summed E-state index contributed by atoms with van der Waals surface area (Å²) in [5.41, 5.74) is 7.21. The lowest BCUT2D eigenvalue weighted by molar-refractivity contribution is 0.0999. The predicted octanol–water partition coefficient (Wildman–Crippen LogP) is 2.05. The van der Waals surface area contributed by atoms with Gasteiger partial charge in [-0.25, -0.2) is 4.39 Å². The van der Waals surface area contributed by atoms with Gasteiger partial charge in [-0.05, 0) is 36.1 Å². The smallest absolute Gasteiger partial charge is 0.249 e. The van der Waals surface area contributed by atoms with Crippen LogP contribution in [0.25, 0.3) is 0 Å². The van der Waals surface area contributed by atoms with Gasteiger partial charge in [0.25, 0.3) is 0 Å². The first-order chi connectivity index (χ1) is 6.60. The first-order valence-corrected chi connectivity index (χ1v) is 4.71. The molecule has 0 saturated carbocycles. The Balaban J connectivity index is 3.39. The highest BCUT2D eigenvalue weighted by Gasteiger charge is 2.12. The lowest BCUT2D eigenvalue weighted by Gasteiger charge is -2.10. The van der Waals surface area contributed by atoms with Crippen molar-refractivity contribution in [1.82, 2.24) is 0 Å². The molecule has 1 amide bonds. The maximum Gasteiger partial charge on any atom is 0.249 e. The van der Waals surface area contributed by atoms with Gasteiger partial charge in [0.2, 0.25) is 5.91 Å². The Labute approximate surface area is 82.9 Å². The number of rotatable bonds is 3. The molecule has 0 aromatic heterocycles. The molecule has 0 aliphatic rings. The van der Waals surface area contributed by atoms with Crippen LogP contribution in [-0.4, -0.2) is 5.91 Å². The molecule has 2 nitrogen and oxygen atoms in total. The lowest BCUT2D eigenvalue weighted by atomic mass is 9.96. The summed E-state index contributed by atoms with van der Waals surface area (Å²) in [6, 6.07) is 2.67. The second-order valence-corrected chi connectivity index (χ2v) is 3.16. The van der Waals surface area contributed by atoms with Gasteiger partial charge in [0, 0.05) is 5.56 Å². The van der Waals surface area contributed by atoms with Crippen LogP contribution in [0.1, 0.15) is 35.3 Å². The van der Waals surface area contributed by atoms with E-state index in [1.165, 1.54) is 12.1 Å². The molecule has 0 fully saturated rings. The molecule has 1 aromatic carbocycles. The first-order valence-electron chi connectivity index (χ1n) is 4.71. The Bertz CT molecular complexity index is 361. The van der Waals surface area contributed by atoms with Gasteiger partial charge in [0.15, 0.2) is 0 Å². The molecule has 0 heterocycles. The van der Waals surface area contributed by atoms with E-state index in [4.69, 9.17) is 5.73 Å². The largest absolute Gasteiger partial charge is 0.366 e. The summed E-state index contributed by atoms with van der Waals surface area (Å²) in [6.07, 6.45) is 1.41. The van der Waals surface area contributed by atoms with Gasteiger partial charge in [-0.15, -0.1) is 0 Å². The van der Waals surface area contributed by atoms with Crippen LogP contribution in [0, 0.1) is 5.82 Å². The van der Waals surface area contributed by atoms with Crippen LogP contribution in [0.5, 0.6) is 0 Å². The second kappa shape index (κ2) is 4.22. The third kappa shape index (κ3) is 1.92. The molecule has 0 unspecified atom stereocenters. The van der Waals surface area contributed by atoms with E-state index >= 15 is 0 Å². The summed E-state index contributed by atoms with van der Waals surface area (Å²) in [6.45, 7) is 3.86. The number of aryl methyl sites for hydroxylation is 1. The fraction of sp³-hybridized carbons (Fsp3) is 0.364. The van der Waals surface area contributed by atoms with Crippen LogP contribution in [0.15, 0.2) is 12.1 Å². The summed E-state index contributed by atoms with van der Waals surface area (Å²) in [5, 5.41) is 0. The average Bonchev–Trinajstić information content (AvgIpc) is 2.16. The summed E-state index contributed by atoms with van der Waals surface area (Å²) in [7, 11) is 0. The summed E-state index contributed by atoms with van der Waals surface area (Å²) >= 11 is 0. The molecule has 3 heteroatoms. The van der Waals surface area contributed by atoms with Crippen molar-refractivity contribution in [2.45, 2.75) is 26.7 Å². The van der Waals surface area contributed by atoms with E-state index in [0.717, 1.165) is 11.1 Å². The summed E-state index contributed by atoms with van der Waals surface area (Å²) < 4.78 is 13.1. The normalized spacial score (nSPS) is 10.2. The van der Waals surface area contributed by atoms with E-state index in [9.17, 15) is 9.18 Å². The van der Waals surface area contributed by atoms with E-state index in [0.29, 0.717) is 18.4 Å². The van der Waals surface area contributed by atoms with Crippen molar-refractivity contribution in [1.29, 1.82) is 0 Å². The van der Waals surface area contributed by atoms with Gasteiger partial charge >= 0.3 is 0 Å². The molecule has 1 aromatic rings. The summed E-state index contributed by atoms with van der Waals surface area (Å²) in [5.74, 6) is -0.955. The molecule has 0 atom stereocenters. The maximum absolute atomic E-state index is 13.1. The minimum atomic E-state index is -0.559. The number of halogens is 1. The topological polar surface area (TPSA) is 43.1 Å². The molecule has 0 radical (unpaired) electrons. The fourth-order valence-electron chi connectivity index (χ4n) is 1.65. The second-order valence-electron chi connectivity index (χ2n) is 3.16. The van der Waals surface area contributed by atoms with E-state index in [-0.39, 0.29) is 0 Å². The monoisotopic (exact) mass is 195 g/mol. The van der Waals surface area contributed by atoms with E-state index in [2.05, 4.69) is 0 Å². The van der Waals surface area contributed by atoms with Crippen molar-refractivity contribution < 1.29 is 9.18 Å². The maximum atomic E-state index is 13.1. The average molecular weight is 195 g/mol. The number of carbonyl (C=O) groups is 1. The van der Waals surface area contributed by atoms with Crippen LogP contribution in [-0.2, 0) is 12.8 Å². The molecule has 0 bridgehead atoms. The number of benzene rings is 1. The van der Waals surface area contributed by atoms with Gasteiger partial charge < -0.3 is 5.73 Å². The molecular weight excluding hydrogens is 181 g/mol. The van der Waals surface area contributed by atoms with Crippen molar-refractivity contribution in [3.05, 3.63) is 34.6 Å². The zero-order chi connectivity index (χ0) is 10.7. The molecule has 76 valence electrons. The van der Waals surface area contributed by atoms with Gasteiger partial charge in [-0.1, -0.05) is 13.8 Å². The summed E-state index contributed by atoms with van der Waals surface area (Å²) in [4.78, 5) is 11.1. The quantitative estimate of drug-likeness (QED) is 0.788. The Hall–Kier alpha value is -1.38. The standard InChI is InChI=1S/C11H14FNO/c1-3-7-5-8(12)6-10(11(13)14)9(7)4-2/h5-6H,3-4H2,1-2H3,(H2,13,14). The highest BCUT2D eigenvalue weighted by atomic mass is 19.1. The van der Waals surface area contributed by atoms with Crippen molar-refractivity contribution in [2.24, 2.45) is 5.73 Å². The number of carbonyl (C=O) groups excluding carboxylic acids is 1. The molecule has 2 N–H and O–H groups in total. The predicted molar refractivity (Wildman–Crippen MR) is 53.7 cm³/mol. The lowest BCUT2D eigenvalue weighted by Crippen LogP contribution is -2.15. The van der Waals surface area contributed by atoms with Crippen molar-refractivity contribution in [2.75, 3.05) is 0 Å². The molecule has 0 aliphatic carbocycles. The van der Waals surface area contributed by atoms with Crippen molar-refractivity contribution >= 4 is 5.91 Å². The molecule has 1 rings (SSSR count). The van der Waals surface area contributed by atoms with E-state index in [1.54, 1.807) is 0 Å². The number of primary amides is 1. The molecule has 0 spiro atoms. The minimum absolute atomic E-state index is 0.310. The van der Waals surface area contributed by atoms with Gasteiger partial charge in [-0.3, -0.25) is 4.79 Å². The van der Waals surface area contributed by atoms with Crippen molar-refractivity contribution in [3.63, 3.8) is 0 Å². The van der Waals surface area contributed by atoms with Gasteiger partial charge in [0.1, 0.15) is 5.82 Å². The van der Waals surface area contributed by atoms with Crippen LogP contribution in [0.3, 0.4) is 0 Å². The van der Waals surface area contributed by atoms with Gasteiger partial charge in [-0.2, -0.15) is 0 Å². The zero-order valence-corrected chi connectivity index (χ0v) is 8.43. The fourth-order valence-corrected chi connectivity index (χ4v) is 1.65. The third-order valence-corrected chi connectivity index (χ3v) is 2.31. The van der Waals surface area contributed by atoms with E-state index in [1.807, 2.05) is 13.8 Å². The zero-order valence-electron chi connectivity index (χ0n) is 8.43. The Morgan fingerprint density at radius 1 is 1.36 bits per heavy atom. The number of hydrogen-bond acceptors (Lipinski definition) is 1. The number of amides is 1. The minimum Gasteiger partial charge on any atom is -0.366 e. The Morgan fingerprint density at radius 3 is 2.43 bits per heavy atom. The van der Waals surface area contributed by atoms with Crippen LogP contribution in [0.2, 0.25) is 0 Å². The SMILES string of the molecule is CCc1cc(F)cc(C(N)=O)c1CC. The Morgan fingerprint density at radius 2 is 2.00 bits per heavy atom. The van der Waals surface area contributed by atoms with Crippen LogP contribution < -0.4 is 5.73 Å². The van der Waals surface area contributed by atoms with E-state index < -0.39 is 11.7 Å². The third-order valence-electron chi connectivity index (χ3n) is 2.31. The highest BCUT2D eigenvalue weighted by Crippen LogP contribution is 2.18. The molecule has 14 heavy (non-hydrogen) atoms. The van der Waals surface area contributed by atoms with Gasteiger partial charge in [0.05, 0.1) is 0 Å². The Kier molecular flexibility index (Phi) is 3.23. The highest BCUT2D eigenvalue weighted by molar-refractivity contribution is 5.94. The molecule has 0 saturated heterocycles. The van der Waals surface area contributed by atoms with Crippen LogP contribution in [0.4, 0.5) is 4.39 Å². The first kappa shape index (κ1) is 10.7. The van der Waals surface area contributed by atoms with Crippen LogP contribution >= 0.6 is 0 Å².